The number of piperidine rings is 1. The van der Waals surface area contributed by atoms with Gasteiger partial charge in [-0.05, 0) is 51.2 Å². The summed E-state index contributed by atoms with van der Waals surface area (Å²) in [6.45, 7) is 2.65. The van der Waals surface area contributed by atoms with Crippen LogP contribution in [0, 0.1) is 12.8 Å². The van der Waals surface area contributed by atoms with E-state index in [2.05, 4.69) is 5.32 Å². The summed E-state index contributed by atoms with van der Waals surface area (Å²) in [6, 6.07) is 3.46. The molecule has 2 heterocycles. The van der Waals surface area contributed by atoms with E-state index in [1.54, 1.807) is 6.07 Å². The lowest BCUT2D eigenvalue weighted by Crippen LogP contribution is -2.54. The zero-order valence-electron chi connectivity index (χ0n) is 15.9. The Labute approximate surface area is 166 Å². The van der Waals surface area contributed by atoms with Crippen molar-refractivity contribution in [2.45, 2.75) is 68.0 Å². The quantitative estimate of drug-likeness (QED) is 0.749. The lowest BCUT2D eigenvalue weighted by atomic mass is 9.79. The van der Waals surface area contributed by atoms with Gasteiger partial charge in [-0.15, -0.1) is 11.3 Å². The minimum absolute atomic E-state index is 0.0587. The second kappa shape index (κ2) is 8.59. The van der Waals surface area contributed by atoms with Gasteiger partial charge >= 0.3 is 0 Å². The van der Waals surface area contributed by atoms with E-state index in [-0.39, 0.29) is 30.5 Å². The van der Waals surface area contributed by atoms with Crippen LogP contribution in [0.15, 0.2) is 16.3 Å². The number of thiophene rings is 1. The molecule has 0 bridgehead atoms. The van der Waals surface area contributed by atoms with Crippen LogP contribution in [-0.4, -0.2) is 49.0 Å². The van der Waals surface area contributed by atoms with Gasteiger partial charge in [0.15, 0.2) is 0 Å². The molecule has 1 aliphatic heterocycles. The van der Waals surface area contributed by atoms with Gasteiger partial charge in [0.25, 0.3) is 10.0 Å². The minimum atomic E-state index is -3.53. The highest BCUT2D eigenvalue weighted by Crippen LogP contribution is 2.33. The standard InChI is InChI=1S/C19H30N2O4S2/c1-15-7-8-17(26-15)27(24,25)21-12-5-6-16(14-21)18(23)20-19(11-13-22)9-3-2-4-10-19/h7-8,16,22H,2-6,9-14H2,1H3,(H,20,23)/t16-/m0/s1. The van der Waals surface area contributed by atoms with Gasteiger partial charge in [-0.1, -0.05) is 19.3 Å². The van der Waals surface area contributed by atoms with Crippen LogP contribution in [0.5, 0.6) is 0 Å². The predicted molar refractivity (Wildman–Crippen MR) is 106 cm³/mol. The molecule has 3 rings (SSSR count). The lowest BCUT2D eigenvalue weighted by Gasteiger charge is -2.40. The predicted octanol–water partition coefficient (Wildman–Crippen LogP) is 2.66. The van der Waals surface area contributed by atoms with Gasteiger partial charge in [0, 0.05) is 30.1 Å². The monoisotopic (exact) mass is 414 g/mol. The van der Waals surface area contributed by atoms with Crippen LogP contribution in [0.2, 0.25) is 0 Å². The molecule has 1 saturated carbocycles. The lowest BCUT2D eigenvalue weighted by molar-refractivity contribution is -0.128. The largest absolute Gasteiger partial charge is 0.396 e. The maximum atomic E-state index is 12.9. The SMILES string of the molecule is Cc1ccc(S(=O)(=O)N2CCC[C@H](C(=O)NC3(CCO)CCCCC3)C2)s1. The number of carbonyl (C=O) groups is 1. The fourth-order valence-corrected chi connectivity index (χ4v) is 7.26. The van der Waals surface area contributed by atoms with Crippen LogP contribution >= 0.6 is 11.3 Å². The number of hydrogen-bond acceptors (Lipinski definition) is 5. The summed E-state index contributed by atoms with van der Waals surface area (Å²) in [4.78, 5) is 13.9. The molecule has 27 heavy (non-hydrogen) atoms. The number of aryl methyl sites for hydroxylation is 1. The van der Waals surface area contributed by atoms with Crippen LogP contribution in [0.1, 0.15) is 56.2 Å². The van der Waals surface area contributed by atoms with E-state index in [1.807, 2.05) is 13.0 Å². The first kappa shape index (κ1) is 20.8. The Bertz CT molecular complexity index is 748. The van der Waals surface area contributed by atoms with Crippen molar-refractivity contribution in [3.8, 4) is 0 Å². The summed E-state index contributed by atoms with van der Waals surface area (Å²) < 4.78 is 27.6. The zero-order valence-corrected chi connectivity index (χ0v) is 17.6. The summed E-state index contributed by atoms with van der Waals surface area (Å²) in [5.41, 5.74) is -0.323. The maximum absolute atomic E-state index is 12.9. The molecule has 152 valence electrons. The first-order valence-corrected chi connectivity index (χ1v) is 12.1. The first-order chi connectivity index (χ1) is 12.9. The first-order valence-electron chi connectivity index (χ1n) is 9.86. The van der Waals surface area contributed by atoms with Gasteiger partial charge in [-0.3, -0.25) is 4.79 Å². The fourth-order valence-electron chi connectivity index (χ4n) is 4.30. The molecule has 1 aromatic rings. The number of nitrogens with zero attached hydrogens (tertiary/aromatic N) is 1. The molecule has 1 saturated heterocycles. The highest BCUT2D eigenvalue weighted by molar-refractivity contribution is 7.91. The molecule has 1 aliphatic carbocycles. The summed E-state index contributed by atoms with van der Waals surface area (Å²) in [5.74, 6) is -0.389. The smallest absolute Gasteiger partial charge is 0.252 e. The number of hydrogen-bond donors (Lipinski definition) is 2. The third kappa shape index (κ3) is 4.72. The Hall–Kier alpha value is -0.960. The van der Waals surface area contributed by atoms with Gasteiger partial charge in [0.1, 0.15) is 4.21 Å². The highest BCUT2D eigenvalue weighted by atomic mass is 32.2. The van der Waals surface area contributed by atoms with Crippen LogP contribution in [0.4, 0.5) is 0 Å². The molecule has 6 nitrogen and oxygen atoms in total. The van der Waals surface area contributed by atoms with Crippen LogP contribution in [0.3, 0.4) is 0 Å². The molecule has 1 aromatic heterocycles. The second-order valence-corrected chi connectivity index (χ2v) is 11.3. The van der Waals surface area contributed by atoms with Crippen molar-refractivity contribution in [3.05, 3.63) is 17.0 Å². The average Bonchev–Trinajstić information content (AvgIpc) is 3.10. The van der Waals surface area contributed by atoms with Gasteiger partial charge in [0.2, 0.25) is 5.91 Å². The Kier molecular flexibility index (Phi) is 6.61. The molecule has 0 unspecified atom stereocenters. The van der Waals surface area contributed by atoms with E-state index in [0.717, 1.165) is 30.6 Å². The molecular weight excluding hydrogens is 384 g/mol. The van der Waals surface area contributed by atoms with Crippen molar-refractivity contribution in [3.63, 3.8) is 0 Å². The highest BCUT2D eigenvalue weighted by Gasteiger charge is 2.38. The molecule has 8 heteroatoms. The number of nitrogens with one attached hydrogen (secondary N) is 1. The van der Waals surface area contributed by atoms with E-state index < -0.39 is 10.0 Å². The van der Waals surface area contributed by atoms with Gasteiger partial charge in [-0.25, -0.2) is 8.42 Å². The molecule has 2 aliphatic rings. The van der Waals surface area contributed by atoms with Crippen molar-refractivity contribution in [1.82, 2.24) is 9.62 Å². The summed E-state index contributed by atoms with van der Waals surface area (Å²) in [6.07, 6.45) is 7.03. The van der Waals surface area contributed by atoms with Crippen molar-refractivity contribution < 1.29 is 18.3 Å². The average molecular weight is 415 g/mol. The summed E-state index contributed by atoms with van der Waals surface area (Å²) in [7, 11) is -3.53. The fraction of sp³-hybridized carbons (Fsp3) is 0.737. The number of carbonyl (C=O) groups excluding carboxylic acids is 1. The van der Waals surface area contributed by atoms with E-state index in [0.29, 0.717) is 30.0 Å². The number of aliphatic hydroxyl groups is 1. The molecular formula is C19H30N2O4S2. The Morgan fingerprint density at radius 1 is 1.30 bits per heavy atom. The molecule has 2 N–H and O–H groups in total. The van der Waals surface area contributed by atoms with E-state index >= 15 is 0 Å². The number of sulfonamides is 1. The van der Waals surface area contributed by atoms with Crippen molar-refractivity contribution in [2.24, 2.45) is 5.92 Å². The Balaban J connectivity index is 1.69. The van der Waals surface area contributed by atoms with Crippen LogP contribution in [0.25, 0.3) is 0 Å². The third-order valence-corrected chi connectivity index (χ3v) is 9.19. The minimum Gasteiger partial charge on any atom is -0.396 e. The van der Waals surface area contributed by atoms with Gasteiger partial charge < -0.3 is 10.4 Å². The van der Waals surface area contributed by atoms with Crippen LogP contribution in [-0.2, 0) is 14.8 Å². The molecule has 0 radical (unpaired) electrons. The topological polar surface area (TPSA) is 86.7 Å². The van der Waals surface area contributed by atoms with Crippen LogP contribution < -0.4 is 5.32 Å². The molecule has 2 fully saturated rings. The zero-order chi connectivity index (χ0) is 19.5. The molecule has 1 amide bonds. The number of amides is 1. The second-order valence-electron chi connectivity index (χ2n) is 7.87. The molecule has 0 aromatic carbocycles. The molecule has 0 spiro atoms. The van der Waals surface area contributed by atoms with Gasteiger partial charge in [-0.2, -0.15) is 4.31 Å². The summed E-state index contributed by atoms with van der Waals surface area (Å²) in [5, 5.41) is 12.6. The van der Waals surface area contributed by atoms with E-state index in [4.69, 9.17) is 0 Å². The van der Waals surface area contributed by atoms with Crippen molar-refractivity contribution in [2.75, 3.05) is 19.7 Å². The van der Waals surface area contributed by atoms with E-state index in [1.165, 1.54) is 22.1 Å². The molecule has 1 atom stereocenters. The Morgan fingerprint density at radius 3 is 2.67 bits per heavy atom. The number of rotatable bonds is 6. The normalized spacial score (nSPS) is 23.9. The van der Waals surface area contributed by atoms with Gasteiger partial charge in [0.05, 0.1) is 5.92 Å². The van der Waals surface area contributed by atoms with E-state index in [9.17, 15) is 18.3 Å². The Morgan fingerprint density at radius 2 is 2.04 bits per heavy atom. The summed E-state index contributed by atoms with van der Waals surface area (Å²) >= 11 is 1.27. The number of aliphatic hydroxyl groups excluding tert-OH is 1. The maximum Gasteiger partial charge on any atom is 0.252 e. The third-order valence-electron chi connectivity index (χ3n) is 5.85. The van der Waals surface area contributed by atoms with Crippen molar-refractivity contribution >= 4 is 27.3 Å². The van der Waals surface area contributed by atoms with Crippen molar-refractivity contribution in [1.29, 1.82) is 0 Å².